The van der Waals surface area contributed by atoms with Gasteiger partial charge in [-0.15, -0.1) is 0 Å². The van der Waals surface area contributed by atoms with Gasteiger partial charge in [0.15, 0.2) is 5.82 Å². The van der Waals surface area contributed by atoms with Crippen molar-refractivity contribution in [2.45, 2.75) is 25.7 Å². The molecule has 3 rings (SSSR count). The summed E-state index contributed by atoms with van der Waals surface area (Å²) in [6.45, 7) is 0. The van der Waals surface area contributed by atoms with Gasteiger partial charge in [0, 0.05) is 11.3 Å². The molecule has 1 aliphatic carbocycles. The Labute approximate surface area is 92.3 Å². The predicted octanol–water partition coefficient (Wildman–Crippen LogP) is 0.723. The number of H-pyrrole nitrogens is 1. The Bertz CT molecular complexity index is 504. The maximum atomic E-state index is 5.94. The number of aromatic nitrogens is 5. The number of anilines is 1. The van der Waals surface area contributed by atoms with Crippen LogP contribution in [-0.2, 0) is 12.8 Å². The first-order valence-electron chi connectivity index (χ1n) is 5.36. The predicted molar refractivity (Wildman–Crippen MR) is 58.5 cm³/mol. The van der Waals surface area contributed by atoms with Crippen molar-refractivity contribution < 1.29 is 0 Å². The molecule has 0 atom stereocenters. The van der Waals surface area contributed by atoms with Crippen LogP contribution >= 0.6 is 0 Å². The second kappa shape index (κ2) is 3.55. The van der Waals surface area contributed by atoms with Gasteiger partial charge in [0.2, 0.25) is 0 Å². The van der Waals surface area contributed by atoms with Gasteiger partial charge in [-0.3, -0.25) is 0 Å². The van der Waals surface area contributed by atoms with E-state index in [2.05, 4.69) is 25.4 Å². The van der Waals surface area contributed by atoms with Crippen LogP contribution < -0.4 is 5.73 Å². The van der Waals surface area contributed by atoms with Gasteiger partial charge in [-0.25, -0.2) is 9.97 Å². The summed E-state index contributed by atoms with van der Waals surface area (Å²) in [6.07, 6.45) is 5.91. The van der Waals surface area contributed by atoms with Gasteiger partial charge >= 0.3 is 0 Å². The van der Waals surface area contributed by atoms with Crippen molar-refractivity contribution in [1.82, 2.24) is 25.4 Å². The highest BCUT2D eigenvalue weighted by molar-refractivity contribution is 5.54. The number of aromatic amines is 1. The summed E-state index contributed by atoms with van der Waals surface area (Å²) >= 11 is 0. The first-order chi connectivity index (χ1) is 7.84. The standard InChI is InChI=1S/C10H12N6/c11-9-6-3-1-2-4-7(6)13-10(14-9)8-5-12-16-15-8/h5H,1-4H2,(H2,11,13,14)(H,12,15,16). The fourth-order valence-corrected chi connectivity index (χ4v) is 2.05. The summed E-state index contributed by atoms with van der Waals surface area (Å²) in [4.78, 5) is 8.78. The van der Waals surface area contributed by atoms with E-state index in [1.54, 1.807) is 6.20 Å². The Balaban J connectivity index is 2.12. The molecule has 0 aliphatic heterocycles. The van der Waals surface area contributed by atoms with E-state index in [9.17, 15) is 0 Å². The van der Waals surface area contributed by atoms with E-state index in [-0.39, 0.29) is 0 Å². The van der Waals surface area contributed by atoms with Crippen molar-refractivity contribution in [2.75, 3.05) is 5.73 Å². The number of nitrogens with zero attached hydrogens (tertiary/aromatic N) is 4. The highest BCUT2D eigenvalue weighted by Crippen LogP contribution is 2.25. The Morgan fingerprint density at radius 2 is 2.06 bits per heavy atom. The number of nitrogen functional groups attached to an aromatic ring is 1. The molecule has 0 fully saturated rings. The summed E-state index contributed by atoms with van der Waals surface area (Å²) in [7, 11) is 0. The van der Waals surface area contributed by atoms with Gasteiger partial charge in [0.25, 0.3) is 0 Å². The highest BCUT2D eigenvalue weighted by Gasteiger charge is 2.17. The lowest BCUT2D eigenvalue weighted by Crippen LogP contribution is -2.11. The Morgan fingerprint density at radius 3 is 2.88 bits per heavy atom. The number of hydrogen-bond acceptors (Lipinski definition) is 5. The number of nitrogens with one attached hydrogen (secondary N) is 1. The van der Waals surface area contributed by atoms with E-state index in [0.29, 0.717) is 17.3 Å². The second-order valence-corrected chi connectivity index (χ2v) is 3.92. The van der Waals surface area contributed by atoms with Crippen LogP contribution in [0.3, 0.4) is 0 Å². The number of hydrogen-bond donors (Lipinski definition) is 2. The molecule has 0 unspecified atom stereocenters. The molecule has 0 saturated heterocycles. The number of aryl methyl sites for hydroxylation is 1. The van der Waals surface area contributed by atoms with E-state index in [4.69, 9.17) is 5.73 Å². The minimum Gasteiger partial charge on any atom is -0.383 e. The molecule has 16 heavy (non-hydrogen) atoms. The maximum Gasteiger partial charge on any atom is 0.184 e. The lowest BCUT2D eigenvalue weighted by atomic mass is 9.96. The molecular formula is C10H12N6. The fourth-order valence-electron chi connectivity index (χ4n) is 2.05. The van der Waals surface area contributed by atoms with E-state index in [0.717, 1.165) is 24.1 Å². The number of fused-ring (bicyclic) bond motifs is 1. The topological polar surface area (TPSA) is 93.4 Å². The summed E-state index contributed by atoms with van der Waals surface area (Å²) in [6, 6.07) is 0. The number of rotatable bonds is 1. The van der Waals surface area contributed by atoms with Gasteiger partial charge in [0.1, 0.15) is 11.5 Å². The van der Waals surface area contributed by atoms with Crippen molar-refractivity contribution in [3.63, 3.8) is 0 Å². The number of nitrogens with two attached hydrogens (primary N) is 1. The third-order valence-corrected chi connectivity index (χ3v) is 2.86. The summed E-state index contributed by atoms with van der Waals surface area (Å²) in [5.41, 5.74) is 8.75. The molecule has 2 aromatic rings. The lowest BCUT2D eigenvalue weighted by molar-refractivity contribution is 0.665. The Kier molecular flexibility index (Phi) is 2.05. The van der Waals surface area contributed by atoms with E-state index in [1.165, 1.54) is 12.8 Å². The largest absolute Gasteiger partial charge is 0.383 e. The smallest absolute Gasteiger partial charge is 0.184 e. The molecule has 0 saturated carbocycles. The first-order valence-corrected chi connectivity index (χ1v) is 5.36. The lowest BCUT2D eigenvalue weighted by Gasteiger charge is -2.16. The van der Waals surface area contributed by atoms with Crippen LogP contribution in [0.15, 0.2) is 6.20 Å². The zero-order valence-corrected chi connectivity index (χ0v) is 8.77. The molecular weight excluding hydrogens is 204 g/mol. The van der Waals surface area contributed by atoms with Crippen LogP contribution in [0.5, 0.6) is 0 Å². The van der Waals surface area contributed by atoms with E-state index in [1.807, 2.05) is 0 Å². The van der Waals surface area contributed by atoms with Crippen molar-refractivity contribution in [3.8, 4) is 11.5 Å². The summed E-state index contributed by atoms with van der Waals surface area (Å²) in [5, 5.41) is 10.3. The zero-order valence-electron chi connectivity index (χ0n) is 8.77. The van der Waals surface area contributed by atoms with Crippen molar-refractivity contribution in [2.24, 2.45) is 0 Å². The SMILES string of the molecule is Nc1nc(-c2cn[nH]n2)nc2c1CCCC2. The molecule has 0 spiro atoms. The Hall–Kier alpha value is -1.98. The third kappa shape index (κ3) is 1.42. The molecule has 0 amide bonds. The molecule has 6 nitrogen and oxygen atoms in total. The minimum atomic E-state index is 0.562. The average Bonchev–Trinajstić information content (AvgIpc) is 2.82. The molecule has 3 N–H and O–H groups in total. The highest BCUT2D eigenvalue weighted by atomic mass is 15.3. The van der Waals surface area contributed by atoms with Crippen LogP contribution in [-0.4, -0.2) is 25.4 Å². The van der Waals surface area contributed by atoms with Crippen molar-refractivity contribution >= 4 is 5.82 Å². The van der Waals surface area contributed by atoms with Crippen LogP contribution in [0.2, 0.25) is 0 Å². The first kappa shape index (κ1) is 9.26. The fraction of sp³-hybridized carbons (Fsp3) is 0.400. The second-order valence-electron chi connectivity index (χ2n) is 3.92. The minimum absolute atomic E-state index is 0.562. The van der Waals surface area contributed by atoms with Crippen LogP contribution in [0, 0.1) is 0 Å². The van der Waals surface area contributed by atoms with Gasteiger partial charge in [-0.1, -0.05) is 0 Å². The molecule has 0 bridgehead atoms. The Morgan fingerprint density at radius 1 is 1.19 bits per heavy atom. The van der Waals surface area contributed by atoms with E-state index < -0.39 is 0 Å². The maximum absolute atomic E-state index is 5.94. The molecule has 1 aliphatic rings. The normalized spacial score (nSPS) is 14.8. The van der Waals surface area contributed by atoms with Crippen LogP contribution in [0.1, 0.15) is 24.1 Å². The van der Waals surface area contributed by atoms with Gasteiger partial charge < -0.3 is 5.73 Å². The van der Waals surface area contributed by atoms with Crippen LogP contribution in [0.25, 0.3) is 11.5 Å². The molecule has 6 heteroatoms. The zero-order chi connectivity index (χ0) is 11.0. The average molecular weight is 216 g/mol. The summed E-state index contributed by atoms with van der Waals surface area (Å²) in [5.74, 6) is 1.15. The van der Waals surface area contributed by atoms with Crippen LogP contribution in [0.4, 0.5) is 5.82 Å². The molecule has 0 radical (unpaired) electrons. The molecule has 0 aromatic carbocycles. The molecule has 2 heterocycles. The van der Waals surface area contributed by atoms with Gasteiger partial charge in [-0.2, -0.15) is 15.4 Å². The monoisotopic (exact) mass is 216 g/mol. The molecule has 82 valence electrons. The molecule has 2 aromatic heterocycles. The van der Waals surface area contributed by atoms with Crippen molar-refractivity contribution in [1.29, 1.82) is 0 Å². The van der Waals surface area contributed by atoms with Gasteiger partial charge in [-0.05, 0) is 25.7 Å². The quantitative estimate of drug-likeness (QED) is 0.732. The van der Waals surface area contributed by atoms with E-state index >= 15 is 0 Å². The third-order valence-electron chi connectivity index (χ3n) is 2.86. The van der Waals surface area contributed by atoms with Gasteiger partial charge in [0.05, 0.1) is 6.20 Å². The summed E-state index contributed by atoms with van der Waals surface area (Å²) < 4.78 is 0. The van der Waals surface area contributed by atoms with Crippen molar-refractivity contribution in [3.05, 3.63) is 17.5 Å².